The fraction of sp³-hybridized carbons (Fsp3) is 0.200. The third kappa shape index (κ3) is 5.72. The Balaban J connectivity index is 1.67. The van der Waals surface area contributed by atoms with Crippen molar-refractivity contribution in [3.63, 3.8) is 0 Å². The van der Waals surface area contributed by atoms with Crippen molar-refractivity contribution in [2.75, 3.05) is 11.9 Å². The van der Waals surface area contributed by atoms with Crippen LogP contribution in [-0.4, -0.2) is 33.6 Å². The first-order chi connectivity index (χ1) is 15.5. The second kappa shape index (κ2) is 9.65. The third-order valence-corrected chi connectivity index (χ3v) is 5.31. The average Bonchev–Trinajstić information content (AvgIpc) is 2.77. The molecular formula is C20H14F6N4O2S. The number of nitrogens with one attached hydrogen (secondary N) is 2. The van der Waals surface area contributed by atoms with Gasteiger partial charge in [-0.3, -0.25) is 9.59 Å². The van der Waals surface area contributed by atoms with E-state index in [4.69, 9.17) is 0 Å². The van der Waals surface area contributed by atoms with Crippen molar-refractivity contribution in [1.29, 1.82) is 0 Å². The summed E-state index contributed by atoms with van der Waals surface area (Å²) in [5.41, 5.74) is -0.578. The van der Waals surface area contributed by atoms with Crippen LogP contribution in [-0.2, 0) is 15.8 Å². The second-order valence-corrected chi connectivity index (χ2v) is 7.95. The molecule has 0 spiro atoms. The van der Waals surface area contributed by atoms with Crippen LogP contribution in [0.15, 0.2) is 41.4 Å². The monoisotopic (exact) mass is 488 g/mol. The molecule has 1 unspecified atom stereocenters. The number of fused-ring (bicyclic) bond motifs is 1. The summed E-state index contributed by atoms with van der Waals surface area (Å²) in [6.07, 6.45) is -4.79. The number of hydrogen-bond acceptors (Lipinski definition) is 5. The Kier molecular flexibility index (Phi) is 7.10. The van der Waals surface area contributed by atoms with Crippen molar-refractivity contribution >= 4 is 40.2 Å². The van der Waals surface area contributed by atoms with Crippen LogP contribution in [0.3, 0.4) is 0 Å². The van der Waals surface area contributed by atoms with Crippen molar-refractivity contribution < 1.29 is 35.9 Å². The molecule has 0 aliphatic rings. The van der Waals surface area contributed by atoms with Gasteiger partial charge >= 0.3 is 6.18 Å². The summed E-state index contributed by atoms with van der Waals surface area (Å²) in [4.78, 5) is 31.3. The Morgan fingerprint density at radius 2 is 1.73 bits per heavy atom. The molecule has 3 aromatic rings. The number of carbonyl (C=O) groups excluding carboxylic acids is 2. The van der Waals surface area contributed by atoms with Gasteiger partial charge in [-0.05, 0) is 25.1 Å². The van der Waals surface area contributed by atoms with E-state index >= 15 is 0 Å². The number of halogens is 6. The summed E-state index contributed by atoms with van der Waals surface area (Å²) in [6.45, 7) is 0.734. The zero-order valence-corrected chi connectivity index (χ0v) is 17.5. The summed E-state index contributed by atoms with van der Waals surface area (Å²) in [6, 6.07) is 7.40. The van der Waals surface area contributed by atoms with Gasteiger partial charge in [0.2, 0.25) is 17.6 Å². The highest BCUT2D eigenvalue weighted by Crippen LogP contribution is 2.33. The first-order valence-corrected chi connectivity index (χ1v) is 10.1. The number of alkyl halides is 3. The molecule has 0 radical (unpaired) electrons. The van der Waals surface area contributed by atoms with E-state index in [-0.39, 0.29) is 10.5 Å². The molecule has 3 rings (SSSR count). The van der Waals surface area contributed by atoms with Crippen molar-refractivity contribution in [1.82, 2.24) is 15.3 Å². The van der Waals surface area contributed by atoms with E-state index in [0.29, 0.717) is 11.5 Å². The number of thioether (sulfide) groups is 1. The fourth-order valence-electron chi connectivity index (χ4n) is 2.61. The van der Waals surface area contributed by atoms with E-state index in [1.807, 2.05) is 5.32 Å². The zero-order valence-electron chi connectivity index (χ0n) is 16.6. The molecule has 2 N–H and O–H groups in total. The number of benzene rings is 2. The maximum absolute atomic E-state index is 13.6. The van der Waals surface area contributed by atoms with E-state index in [9.17, 15) is 35.9 Å². The number of aromatic nitrogens is 2. The summed E-state index contributed by atoms with van der Waals surface area (Å²) in [5, 5.41) is 3.47. The summed E-state index contributed by atoms with van der Waals surface area (Å²) >= 11 is 0.727. The largest absolute Gasteiger partial charge is 0.451 e. The standard InChI is InChI=1S/C20H14F6N4O2S/c1-9(17(32)27-8-14(31)28-13-7-6-11(21)15(22)16(13)23)33-18-10-4-2-3-5-12(10)29-19(30-18)20(24,25)26/h2-7,9H,8H2,1H3,(H,27,32)(H,28,31). The lowest BCUT2D eigenvalue weighted by atomic mass is 10.2. The van der Waals surface area contributed by atoms with Crippen molar-refractivity contribution in [3.05, 3.63) is 59.7 Å². The van der Waals surface area contributed by atoms with Gasteiger partial charge in [0.25, 0.3) is 0 Å². The molecule has 0 saturated carbocycles. The molecule has 0 fully saturated rings. The minimum absolute atomic E-state index is 0.0443. The molecule has 1 heterocycles. The smallest absolute Gasteiger partial charge is 0.346 e. The SMILES string of the molecule is CC(Sc1nc(C(F)(F)F)nc2ccccc12)C(=O)NCC(=O)Nc1ccc(F)c(F)c1F. The van der Waals surface area contributed by atoms with Gasteiger partial charge in [0.1, 0.15) is 5.03 Å². The summed E-state index contributed by atoms with van der Waals surface area (Å²) in [5.74, 6) is -7.82. The van der Waals surface area contributed by atoms with E-state index < -0.39 is 58.7 Å². The maximum Gasteiger partial charge on any atom is 0.451 e. The van der Waals surface area contributed by atoms with E-state index in [2.05, 4.69) is 15.3 Å². The van der Waals surface area contributed by atoms with Gasteiger partial charge in [0, 0.05) is 5.39 Å². The Labute approximate surface area is 186 Å². The highest BCUT2D eigenvalue weighted by atomic mass is 32.2. The molecular weight excluding hydrogens is 474 g/mol. The Morgan fingerprint density at radius 3 is 2.42 bits per heavy atom. The van der Waals surface area contributed by atoms with Crippen molar-refractivity contribution in [3.8, 4) is 0 Å². The number of rotatable bonds is 6. The van der Waals surface area contributed by atoms with Crippen LogP contribution in [0.5, 0.6) is 0 Å². The van der Waals surface area contributed by atoms with Crippen LogP contribution < -0.4 is 10.6 Å². The van der Waals surface area contributed by atoms with E-state index in [1.54, 1.807) is 6.07 Å². The first kappa shape index (κ1) is 24.3. The number of nitrogens with zero attached hydrogens (tertiary/aromatic N) is 2. The Morgan fingerprint density at radius 1 is 1.03 bits per heavy atom. The number of amides is 2. The number of anilines is 1. The molecule has 0 saturated heterocycles. The molecule has 2 aromatic carbocycles. The van der Waals surface area contributed by atoms with Crippen LogP contribution in [0, 0.1) is 17.5 Å². The first-order valence-electron chi connectivity index (χ1n) is 9.19. The Hall–Kier alpha value is -3.35. The van der Waals surface area contributed by atoms with Gasteiger partial charge in [0.05, 0.1) is 23.0 Å². The zero-order chi connectivity index (χ0) is 24.3. The minimum atomic E-state index is -4.79. The van der Waals surface area contributed by atoms with Gasteiger partial charge < -0.3 is 10.6 Å². The number of hydrogen-bond donors (Lipinski definition) is 2. The number of para-hydroxylation sites is 1. The van der Waals surface area contributed by atoms with Crippen LogP contribution in [0.2, 0.25) is 0 Å². The van der Waals surface area contributed by atoms with E-state index in [1.165, 1.54) is 25.1 Å². The molecule has 2 amide bonds. The topological polar surface area (TPSA) is 84.0 Å². The van der Waals surface area contributed by atoms with Gasteiger partial charge in [0.15, 0.2) is 17.5 Å². The van der Waals surface area contributed by atoms with Crippen molar-refractivity contribution in [2.45, 2.75) is 23.4 Å². The van der Waals surface area contributed by atoms with Gasteiger partial charge in [-0.1, -0.05) is 30.0 Å². The minimum Gasteiger partial charge on any atom is -0.346 e. The van der Waals surface area contributed by atoms with Crippen LogP contribution in [0.25, 0.3) is 10.9 Å². The average molecular weight is 488 g/mol. The lowest BCUT2D eigenvalue weighted by Crippen LogP contribution is -2.37. The predicted molar refractivity (Wildman–Crippen MR) is 108 cm³/mol. The normalized spacial score (nSPS) is 12.5. The fourth-order valence-corrected chi connectivity index (χ4v) is 3.58. The lowest BCUT2D eigenvalue weighted by molar-refractivity contribution is -0.145. The quantitative estimate of drug-likeness (QED) is 0.234. The molecule has 0 bridgehead atoms. The molecule has 174 valence electrons. The molecule has 13 heteroatoms. The molecule has 1 aromatic heterocycles. The molecule has 6 nitrogen and oxygen atoms in total. The van der Waals surface area contributed by atoms with Crippen LogP contribution >= 0.6 is 11.8 Å². The van der Waals surface area contributed by atoms with E-state index in [0.717, 1.165) is 17.8 Å². The number of carbonyl (C=O) groups is 2. The summed E-state index contributed by atoms with van der Waals surface area (Å²) in [7, 11) is 0. The molecule has 0 aliphatic carbocycles. The van der Waals surface area contributed by atoms with Crippen LogP contribution in [0.1, 0.15) is 12.7 Å². The van der Waals surface area contributed by atoms with Gasteiger partial charge in [-0.15, -0.1) is 0 Å². The van der Waals surface area contributed by atoms with Gasteiger partial charge in [-0.25, -0.2) is 23.1 Å². The predicted octanol–water partition coefficient (Wildman–Crippen LogP) is 4.30. The highest BCUT2D eigenvalue weighted by Gasteiger charge is 2.36. The molecule has 1 atom stereocenters. The summed E-state index contributed by atoms with van der Waals surface area (Å²) < 4.78 is 79.2. The van der Waals surface area contributed by atoms with Crippen LogP contribution in [0.4, 0.5) is 32.0 Å². The second-order valence-electron chi connectivity index (χ2n) is 6.62. The Bertz CT molecular complexity index is 1220. The third-order valence-electron chi connectivity index (χ3n) is 4.21. The maximum atomic E-state index is 13.6. The highest BCUT2D eigenvalue weighted by molar-refractivity contribution is 8.00. The molecule has 33 heavy (non-hydrogen) atoms. The van der Waals surface area contributed by atoms with Gasteiger partial charge in [-0.2, -0.15) is 13.2 Å². The lowest BCUT2D eigenvalue weighted by Gasteiger charge is -2.14. The molecule has 0 aliphatic heterocycles. The van der Waals surface area contributed by atoms with Crippen molar-refractivity contribution in [2.24, 2.45) is 0 Å².